The summed E-state index contributed by atoms with van der Waals surface area (Å²) < 4.78 is 1.53. The Morgan fingerprint density at radius 2 is 1.80 bits per heavy atom. The first-order chi connectivity index (χ1) is 11.9. The van der Waals surface area contributed by atoms with Gasteiger partial charge in [-0.15, -0.1) is 5.10 Å². The Bertz CT molecular complexity index is 909. The first kappa shape index (κ1) is 16.7. The maximum atomic E-state index is 12.5. The van der Waals surface area contributed by atoms with Gasteiger partial charge in [-0.05, 0) is 49.6 Å². The number of hydrogen-bond donors (Lipinski definition) is 2. The van der Waals surface area contributed by atoms with Gasteiger partial charge in [0.2, 0.25) is 0 Å². The molecule has 0 fully saturated rings. The van der Waals surface area contributed by atoms with E-state index in [1.54, 1.807) is 0 Å². The Morgan fingerprint density at radius 3 is 2.48 bits per heavy atom. The van der Waals surface area contributed by atoms with E-state index in [-0.39, 0.29) is 17.4 Å². The third kappa shape index (κ3) is 3.85. The molecule has 0 bridgehead atoms. The van der Waals surface area contributed by atoms with Crippen LogP contribution in [-0.2, 0) is 6.54 Å². The molecule has 3 N–H and O–H groups in total. The second-order valence-electron chi connectivity index (χ2n) is 6.30. The number of rotatable bonds is 4. The summed E-state index contributed by atoms with van der Waals surface area (Å²) in [6.45, 7) is 6.46. The molecule has 0 aliphatic carbocycles. The van der Waals surface area contributed by atoms with E-state index >= 15 is 0 Å². The number of nitrogens with two attached hydrogens (primary N) is 1. The van der Waals surface area contributed by atoms with Crippen molar-refractivity contribution in [3.05, 3.63) is 70.4 Å². The van der Waals surface area contributed by atoms with Crippen molar-refractivity contribution >= 4 is 17.4 Å². The minimum absolute atomic E-state index is 0.131. The molecule has 25 heavy (non-hydrogen) atoms. The summed E-state index contributed by atoms with van der Waals surface area (Å²) in [6.07, 6.45) is 0. The third-order valence-corrected chi connectivity index (χ3v) is 3.88. The van der Waals surface area contributed by atoms with Crippen molar-refractivity contribution in [1.29, 1.82) is 0 Å². The zero-order chi connectivity index (χ0) is 18.0. The molecule has 2 aromatic carbocycles. The highest BCUT2D eigenvalue weighted by Crippen LogP contribution is 2.17. The summed E-state index contributed by atoms with van der Waals surface area (Å²) in [4.78, 5) is 12.5. The SMILES string of the molecule is Cc1cccc(Cn2nnc(C(=O)Nc3cc(C)cc(C)c3)c2N)c1. The highest BCUT2D eigenvalue weighted by Gasteiger charge is 2.18. The molecule has 1 amide bonds. The molecule has 0 aliphatic rings. The molecule has 3 rings (SSSR count). The molecule has 0 aliphatic heterocycles. The smallest absolute Gasteiger partial charge is 0.280 e. The summed E-state index contributed by atoms with van der Waals surface area (Å²) in [5.41, 5.74) is 11.3. The van der Waals surface area contributed by atoms with Gasteiger partial charge in [-0.3, -0.25) is 4.79 Å². The maximum absolute atomic E-state index is 12.5. The maximum Gasteiger partial charge on any atom is 0.280 e. The molecule has 128 valence electrons. The minimum atomic E-state index is -0.363. The van der Waals surface area contributed by atoms with Crippen LogP contribution >= 0.6 is 0 Å². The molecule has 3 aromatic rings. The zero-order valence-corrected chi connectivity index (χ0v) is 14.6. The fraction of sp³-hybridized carbons (Fsp3) is 0.211. The van der Waals surface area contributed by atoms with E-state index < -0.39 is 0 Å². The lowest BCUT2D eigenvalue weighted by atomic mass is 10.1. The number of amides is 1. The number of anilines is 2. The van der Waals surface area contributed by atoms with Crippen LogP contribution in [0.3, 0.4) is 0 Å². The molecular formula is C19H21N5O. The predicted octanol–water partition coefficient (Wildman–Crippen LogP) is 3.09. The second kappa shape index (κ2) is 6.76. The van der Waals surface area contributed by atoms with Crippen LogP contribution in [0.15, 0.2) is 42.5 Å². The normalized spacial score (nSPS) is 10.7. The molecule has 6 nitrogen and oxygen atoms in total. The van der Waals surface area contributed by atoms with Gasteiger partial charge in [-0.25, -0.2) is 4.68 Å². The van der Waals surface area contributed by atoms with Crippen LogP contribution in [0, 0.1) is 20.8 Å². The van der Waals surface area contributed by atoms with Crippen LogP contribution in [0.5, 0.6) is 0 Å². The van der Waals surface area contributed by atoms with E-state index in [1.165, 1.54) is 4.68 Å². The second-order valence-corrected chi connectivity index (χ2v) is 6.30. The number of nitrogen functional groups attached to an aromatic ring is 1. The largest absolute Gasteiger partial charge is 0.382 e. The Balaban J connectivity index is 1.79. The lowest BCUT2D eigenvalue weighted by Crippen LogP contribution is -2.15. The van der Waals surface area contributed by atoms with E-state index in [0.717, 1.165) is 27.9 Å². The van der Waals surface area contributed by atoms with Crippen molar-refractivity contribution in [2.75, 3.05) is 11.1 Å². The molecule has 0 radical (unpaired) electrons. The monoisotopic (exact) mass is 335 g/mol. The number of benzene rings is 2. The lowest BCUT2D eigenvalue weighted by molar-refractivity contribution is 0.102. The average molecular weight is 335 g/mol. The van der Waals surface area contributed by atoms with Crippen LogP contribution in [0.2, 0.25) is 0 Å². The number of aromatic nitrogens is 3. The van der Waals surface area contributed by atoms with E-state index in [9.17, 15) is 4.79 Å². The van der Waals surface area contributed by atoms with Crippen molar-refractivity contribution in [3.63, 3.8) is 0 Å². The van der Waals surface area contributed by atoms with Crippen molar-refractivity contribution in [1.82, 2.24) is 15.0 Å². The molecule has 0 saturated carbocycles. The van der Waals surface area contributed by atoms with E-state index in [4.69, 9.17) is 5.73 Å². The van der Waals surface area contributed by atoms with Crippen LogP contribution in [-0.4, -0.2) is 20.9 Å². The summed E-state index contributed by atoms with van der Waals surface area (Å²) in [5, 5.41) is 10.8. The van der Waals surface area contributed by atoms with Crippen molar-refractivity contribution in [3.8, 4) is 0 Å². The number of nitrogens with one attached hydrogen (secondary N) is 1. The summed E-state index contributed by atoms with van der Waals surface area (Å²) in [7, 11) is 0. The quantitative estimate of drug-likeness (QED) is 0.767. The predicted molar refractivity (Wildman–Crippen MR) is 98.6 cm³/mol. The number of nitrogens with zero attached hydrogens (tertiary/aromatic N) is 3. The van der Waals surface area contributed by atoms with E-state index in [0.29, 0.717) is 6.54 Å². The first-order valence-corrected chi connectivity index (χ1v) is 8.06. The van der Waals surface area contributed by atoms with Gasteiger partial charge in [-0.2, -0.15) is 0 Å². The van der Waals surface area contributed by atoms with Gasteiger partial charge in [0.15, 0.2) is 11.5 Å². The highest BCUT2D eigenvalue weighted by atomic mass is 16.2. The Labute approximate surface area is 146 Å². The van der Waals surface area contributed by atoms with Gasteiger partial charge in [0.25, 0.3) is 5.91 Å². The molecule has 0 atom stereocenters. The standard InChI is InChI=1S/C19H21N5O/c1-12-5-4-6-15(8-12)11-24-18(20)17(22-23-24)19(25)21-16-9-13(2)7-14(3)10-16/h4-10H,11,20H2,1-3H3,(H,21,25). The highest BCUT2D eigenvalue weighted by molar-refractivity contribution is 6.05. The van der Waals surface area contributed by atoms with Crippen LogP contribution in [0.25, 0.3) is 0 Å². The van der Waals surface area contributed by atoms with Gasteiger partial charge < -0.3 is 11.1 Å². The summed E-state index contributed by atoms with van der Waals surface area (Å²) >= 11 is 0. The fourth-order valence-corrected chi connectivity index (χ4v) is 2.82. The van der Waals surface area contributed by atoms with Gasteiger partial charge >= 0.3 is 0 Å². The van der Waals surface area contributed by atoms with Crippen molar-refractivity contribution in [2.45, 2.75) is 27.3 Å². The summed E-state index contributed by atoms with van der Waals surface area (Å²) in [5.74, 6) is -0.110. The van der Waals surface area contributed by atoms with Crippen molar-refractivity contribution in [2.24, 2.45) is 0 Å². The van der Waals surface area contributed by atoms with Gasteiger partial charge in [-0.1, -0.05) is 41.1 Å². The number of aryl methyl sites for hydroxylation is 3. The van der Waals surface area contributed by atoms with Gasteiger partial charge in [0, 0.05) is 5.69 Å². The molecule has 1 aromatic heterocycles. The molecule has 0 spiro atoms. The van der Waals surface area contributed by atoms with Crippen molar-refractivity contribution < 1.29 is 4.79 Å². The van der Waals surface area contributed by atoms with Gasteiger partial charge in [0.1, 0.15) is 0 Å². The molecular weight excluding hydrogens is 314 g/mol. The number of hydrogen-bond acceptors (Lipinski definition) is 4. The topological polar surface area (TPSA) is 85.8 Å². The molecule has 0 saturated heterocycles. The number of carbonyl (C=O) groups excluding carboxylic acids is 1. The van der Waals surface area contributed by atoms with E-state index in [1.807, 2.05) is 57.2 Å². The third-order valence-electron chi connectivity index (χ3n) is 3.88. The Kier molecular flexibility index (Phi) is 4.52. The minimum Gasteiger partial charge on any atom is -0.382 e. The van der Waals surface area contributed by atoms with Crippen LogP contribution < -0.4 is 11.1 Å². The number of carbonyl (C=O) groups is 1. The Hall–Kier alpha value is -3.15. The fourth-order valence-electron chi connectivity index (χ4n) is 2.82. The summed E-state index contributed by atoms with van der Waals surface area (Å²) in [6, 6.07) is 13.9. The van der Waals surface area contributed by atoms with Crippen LogP contribution in [0.1, 0.15) is 32.7 Å². The van der Waals surface area contributed by atoms with E-state index in [2.05, 4.69) is 21.7 Å². The lowest BCUT2D eigenvalue weighted by Gasteiger charge is -2.07. The molecule has 1 heterocycles. The van der Waals surface area contributed by atoms with Crippen LogP contribution in [0.4, 0.5) is 11.5 Å². The zero-order valence-electron chi connectivity index (χ0n) is 14.6. The molecule has 6 heteroatoms. The Morgan fingerprint density at radius 1 is 1.08 bits per heavy atom. The van der Waals surface area contributed by atoms with Gasteiger partial charge in [0.05, 0.1) is 6.54 Å². The average Bonchev–Trinajstić information content (AvgIpc) is 2.87. The first-order valence-electron chi connectivity index (χ1n) is 8.06. The molecule has 0 unspecified atom stereocenters.